The second-order valence-electron chi connectivity index (χ2n) is 6.69. The molecule has 0 heterocycles. The molecule has 2 aliphatic carbocycles. The largest absolute Gasteiger partial charge is 0.462 e. The molecular formula is C17H28O4. The molecule has 2 fully saturated rings. The summed E-state index contributed by atoms with van der Waals surface area (Å²) in [5, 5.41) is 0. The summed E-state index contributed by atoms with van der Waals surface area (Å²) < 4.78 is 10.5. The number of carbonyl (C=O) groups is 2. The van der Waals surface area contributed by atoms with Crippen molar-refractivity contribution in [3.63, 3.8) is 0 Å². The quantitative estimate of drug-likeness (QED) is 0.673. The van der Waals surface area contributed by atoms with E-state index in [2.05, 4.69) is 0 Å². The standard InChI is InChI=1S/C17H28O4/c1-13(21-17(19)11-15-8-4-5-9-15)12-20-16(18)10-14-6-2-3-7-14/h13-15H,2-12H2,1H3. The normalized spacial score (nSPS) is 21.4. The van der Waals surface area contributed by atoms with Crippen LogP contribution in [0.15, 0.2) is 0 Å². The zero-order valence-electron chi connectivity index (χ0n) is 13.1. The van der Waals surface area contributed by atoms with Crippen molar-refractivity contribution in [1.29, 1.82) is 0 Å². The summed E-state index contributed by atoms with van der Waals surface area (Å²) in [6, 6.07) is 0. The molecule has 2 aliphatic rings. The van der Waals surface area contributed by atoms with E-state index in [1.807, 2.05) is 0 Å². The maximum Gasteiger partial charge on any atom is 0.306 e. The molecule has 0 spiro atoms. The number of hydrogen-bond donors (Lipinski definition) is 0. The van der Waals surface area contributed by atoms with Gasteiger partial charge in [-0.1, -0.05) is 25.7 Å². The SMILES string of the molecule is CC(COC(=O)CC1CCCC1)OC(=O)CC1CCCC1. The van der Waals surface area contributed by atoms with Crippen LogP contribution in [0.25, 0.3) is 0 Å². The molecule has 2 rings (SSSR count). The third-order valence-electron chi connectivity index (χ3n) is 4.67. The lowest BCUT2D eigenvalue weighted by Gasteiger charge is -2.16. The second-order valence-corrected chi connectivity index (χ2v) is 6.69. The van der Waals surface area contributed by atoms with Gasteiger partial charge in [-0.15, -0.1) is 0 Å². The highest BCUT2D eigenvalue weighted by atomic mass is 16.6. The van der Waals surface area contributed by atoms with Gasteiger partial charge in [0.2, 0.25) is 0 Å². The summed E-state index contributed by atoms with van der Waals surface area (Å²) in [6.45, 7) is 1.97. The van der Waals surface area contributed by atoms with Crippen LogP contribution in [0, 0.1) is 11.8 Å². The van der Waals surface area contributed by atoms with Gasteiger partial charge in [0.15, 0.2) is 0 Å². The second kappa shape index (κ2) is 8.40. The number of hydrogen-bond acceptors (Lipinski definition) is 4. The molecule has 4 heteroatoms. The van der Waals surface area contributed by atoms with Crippen molar-refractivity contribution >= 4 is 11.9 Å². The molecular weight excluding hydrogens is 268 g/mol. The van der Waals surface area contributed by atoms with Crippen LogP contribution in [0.1, 0.15) is 71.1 Å². The van der Waals surface area contributed by atoms with Crippen LogP contribution in [0.5, 0.6) is 0 Å². The first-order valence-electron chi connectivity index (χ1n) is 8.48. The van der Waals surface area contributed by atoms with Gasteiger partial charge in [-0.3, -0.25) is 9.59 Å². The van der Waals surface area contributed by atoms with Crippen molar-refractivity contribution in [2.24, 2.45) is 11.8 Å². The molecule has 0 bridgehead atoms. The molecule has 1 unspecified atom stereocenters. The van der Waals surface area contributed by atoms with Gasteiger partial charge >= 0.3 is 11.9 Å². The highest BCUT2D eigenvalue weighted by Crippen LogP contribution is 2.28. The Bertz CT molecular complexity index is 341. The van der Waals surface area contributed by atoms with E-state index in [0.717, 1.165) is 25.7 Å². The molecule has 120 valence electrons. The van der Waals surface area contributed by atoms with Crippen molar-refractivity contribution in [3.05, 3.63) is 0 Å². The molecule has 0 amide bonds. The topological polar surface area (TPSA) is 52.6 Å². The Labute approximate surface area is 127 Å². The zero-order chi connectivity index (χ0) is 15.1. The number of ether oxygens (including phenoxy) is 2. The average molecular weight is 296 g/mol. The maximum atomic E-state index is 11.8. The Morgan fingerprint density at radius 2 is 1.38 bits per heavy atom. The van der Waals surface area contributed by atoms with Gasteiger partial charge in [-0.25, -0.2) is 0 Å². The Morgan fingerprint density at radius 3 is 1.90 bits per heavy atom. The van der Waals surface area contributed by atoms with Crippen LogP contribution in [0.3, 0.4) is 0 Å². The van der Waals surface area contributed by atoms with E-state index >= 15 is 0 Å². The third kappa shape index (κ3) is 6.06. The fourth-order valence-corrected chi connectivity index (χ4v) is 3.48. The Kier molecular flexibility index (Phi) is 6.52. The Morgan fingerprint density at radius 1 is 0.905 bits per heavy atom. The van der Waals surface area contributed by atoms with Crippen molar-refractivity contribution < 1.29 is 19.1 Å². The molecule has 0 N–H and O–H groups in total. The van der Waals surface area contributed by atoms with Crippen LogP contribution in [-0.2, 0) is 19.1 Å². The average Bonchev–Trinajstić information content (AvgIpc) is 3.10. The smallest absolute Gasteiger partial charge is 0.306 e. The molecule has 0 aromatic rings. The molecule has 0 saturated heterocycles. The molecule has 0 aromatic heterocycles. The number of carbonyl (C=O) groups excluding carboxylic acids is 2. The highest BCUT2D eigenvalue weighted by Gasteiger charge is 2.22. The van der Waals surface area contributed by atoms with E-state index in [0.29, 0.717) is 24.7 Å². The highest BCUT2D eigenvalue weighted by molar-refractivity contribution is 5.70. The lowest BCUT2D eigenvalue weighted by Crippen LogP contribution is -2.23. The van der Waals surface area contributed by atoms with Crippen molar-refractivity contribution in [3.8, 4) is 0 Å². The van der Waals surface area contributed by atoms with Gasteiger partial charge in [0.1, 0.15) is 12.7 Å². The van der Waals surface area contributed by atoms with Gasteiger partial charge in [0, 0.05) is 12.8 Å². The monoisotopic (exact) mass is 296 g/mol. The fraction of sp³-hybridized carbons (Fsp3) is 0.882. The molecule has 0 aromatic carbocycles. The van der Waals surface area contributed by atoms with Crippen LogP contribution in [0.4, 0.5) is 0 Å². The van der Waals surface area contributed by atoms with Gasteiger partial charge in [-0.2, -0.15) is 0 Å². The van der Waals surface area contributed by atoms with E-state index in [9.17, 15) is 9.59 Å². The molecule has 2 saturated carbocycles. The summed E-state index contributed by atoms with van der Waals surface area (Å²) in [4.78, 5) is 23.5. The van der Waals surface area contributed by atoms with E-state index < -0.39 is 0 Å². The van der Waals surface area contributed by atoms with Crippen molar-refractivity contribution in [1.82, 2.24) is 0 Å². The zero-order valence-corrected chi connectivity index (χ0v) is 13.1. The summed E-state index contributed by atoms with van der Waals surface area (Å²) in [5.41, 5.74) is 0. The third-order valence-corrected chi connectivity index (χ3v) is 4.67. The van der Waals surface area contributed by atoms with Gasteiger partial charge in [0.05, 0.1) is 0 Å². The lowest BCUT2D eigenvalue weighted by atomic mass is 10.0. The Balaban J connectivity index is 1.56. The minimum atomic E-state index is -0.341. The summed E-state index contributed by atoms with van der Waals surface area (Å²) in [7, 11) is 0. The summed E-state index contributed by atoms with van der Waals surface area (Å²) >= 11 is 0. The van der Waals surface area contributed by atoms with E-state index in [1.54, 1.807) is 6.92 Å². The van der Waals surface area contributed by atoms with Gasteiger partial charge in [-0.05, 0) is 44.4 Å². The number of rotatable bonds is 7. The van der Waals surface area contributed by atoms with Crippen molar-refractivity contribution in [2.45, 2.75) is 77.2 Å². The van der Waals surface area contributed by atoms with Crippen LogP contribution < -0.4 is 0 Å². The first-order valence-corrected chi connectivity index (χ1v) is 8.48. The minimum absolute atomic E-state index is 0.152. The van der Waals surface area contributed by atoms with Gasteiger partial charge in [0.25, 0.3) is 0 Å². The first kappa shape index (κ1) is 16.3. The van der Waals surface area contributed by atoms with Crippen LogP contribution >= 0.6 is 0 Å². The molecule has 0 aliphatic heterocycles. The minimum Gasteiger partial charge on any atom is -0.462 e. The van der Waals surface area contributed by atoms with E-state index in [1.165, 1.54) is 25.7 Å². The number of esters is 2. The summed E-state index contributed by atoms with van der Waals surface area (Å²) in [6.07, 6.45) is 10.2. The van der Waals surface area contributed by atoms with Crippen LogP contribution in [0.2, 0.25) is 0 Å². The molecule has 21 heavy (non-hydrogen) atoms. The van der Waals surface area contributed by atoms with Gasteiger partial charge < -0.3 is 9.47 Å². The fourth-order valence-electron chi connectivity index (χ4n) is 3.48. The molecule has 1 atom stereocenters. The van der Waals surface area contributed by atoms with E-state index in [4.69, 9.17) is 9.47 Å². The summed E-state index contributed by atoms with van der Waals surface area (Å²) in [5.74, 6) is 0.689. The molecule has 4 nitrogen and oxygen atoms in total. The van der Waals surface area contributed by atoms with E-state index in [-0.39, 0.29) is 24.6 Å². The first-order chi connectivity index (χ1) is 10.1. The lowest BCUT2D eigenvalue weighted by molar-refractivity contribution is -0.159. The predicted octanol–water partition coefficient (Wildman–Crippen LogP) is 3.62. The van der Waals surface area contributed by atoms with Crippen LogP contribution in [-0.4, -0.2) is 24.6 Å². The Hall–Kier alpha value is -1.06. The molecule has 0 radical (unpaired) electrons. The van der Waals surface area contributed by atoms with Crippen molar-refractivity contribution in [2.75, 3.05) is 6.61 Å². The predicted molar refractivity (Wildman–Crippen MR) is 79.7 cm³/mol. The maximum absolute atomic E-state index is 11.8.